The molecule has 1 N–H and O–H groups in total. The number of carbonyl (C=O) groups excluding carboxylic acids is 2. The van der Waals surface area contributed by atoms with Crippen molar-refractivity contribution in [2.75, 3.05) is 6.61 Å². The molecule has 0 unspecified atom stereocenters. The van der Waals surface area contributed by atoms with E-state index < -0.39 is 5.97 Å². The number of esters is 1. The quantitative estimate of drug-likeness (QED) is 0.739. The highest BCUT2D eigenvalue weighted by Crippen LogP contribution is 2.25. The van der Waals surface area contributed by atoms with Gasteiger partial charge < -0.3 is 14.8 Å². The van der Waals surface area contributed by atoms with Gasteiger partial charge in [0.05, 0.1) is 0 Å². The van der Waals surface area contributed by atoms with E-state index in [1.54, 1.807) is 36.4 Å². The van der Waals surface area contributed by atoms with Crippen LogP contribution in [0.15, 0.2) is 54.6 Å². The molecule has 0 aliphatic rings. The van der Waals surface area contributed by atoms with Crippen molar-refractivity contribution in [2.24, 2.45) is 0 Å². The summed E-state index contributed by atoms with van der Waals surface area (Å²) in [6.07, 6.45) is 1.86. The van der Waals surface area contributed by atoms with E-state index in [1.807, 2.05) is 32.0 Å². The van der Waals surface area contributed by atoms with Gasteiger partial charge in [-0.05, 0) is 37.6 Å². The van der Waals surface area contributed by atoms with E-state index in [-0.39, 0.29) is 24.1 Å². The third-order valence-electron chi connectivity index (χ3n) is 3.54. The molecule has 0 aromatic heterocycles. The van der Waals surface area contributed by atoms with Crippen molar-refractivity contribution >= 4 is 11.9 Å². The second kappa shape index (κ2) is 9.47. The van der Waals surface area contributed by atoms with E-state index in [4.69, 9.17) is 9.47 Å². The van der Waals surface area contributed by atoms with Crippen molar-refractivity contribution in [2.45, 2.75) is 32.7 Å². The van der Waals surface area contributed by atoms with Gasteiger partial charge in [-0.3, -0.25) is 4.79 Å². The molecule has 0 radical (unpaired) electrons. The minimum Gasteiger partial charge on any atom is -0.456 e. The summed E-state index contributed by atoms with van der Waals surface area (Å²) in [5.41, 5.74) is 0.278. The highest BCUT2D eigenvalue weighted by molar-refractivity contribution is 5.94. The molecule has 0 fully saturated rings. The summed E-state index contributed by atoms with van der Waals surface area (Å²) in [6, 6.07) is 16.0. The van der Waals surface area contributed by atoms with E-state index in [2.05, 4.69) is 5.32 Å². The first-order valence-electron chi connectivity index (χ1n) is 8.38. The molecule has 2 rings (SSSR count). The summed E-state index contributed by atoms with van der Waals surface area (Å²) >= 11 is 0. The van der Waals surface area contributed by atoms with Gasteiger partial charge in [0, 0.05) is 6.04 Å². The first-order chi connectivity index (χ1) is 12.1. The Morgan fingerprint density at radius 3 is 2.44 bits per heavy atom. The predicted molar refractivity (Wildman–Crippen MR) is 95.8 cm³/mol. The second-order valence-electron chi connectivity index (χ2n) is 5.74. The summed E-state index contributed by atoms with van der Waals surface area (Å²) in [5, 5.41) is 2.79. The molecule has 25 heavy (non-hydrogen) atoms. The molecule has 0 spiro atoms. The van der Waals surface area contributed by atoms with Crippen molar-refractivity contribution in [3.05, 3.63) is 60.2 Å². The van der Waals surface area contributed by atoms with Crippen LogP contribution in [0, 0.1) is 0 Å². The number of ether oxygens (including phenoxy) is 2. The van der Waals surface area contributed by atoms with Crippen molar-refractivity contribution in [3.8, 4) is 11.5 Å². The zero-order valence-electron chi connectivity index (χ0n) is 14.5. The molecule has 1 atom stereocenters. The number of carbonyl (C=O) groups is 2. The molecule has 0 bridgehead atoms. The van der Waals surface area contributed by atoms with Crippen molar-refractivity contribution < 1.29 is 19.1 Å². The molecule has 0 saturated heterocycles. The van der Waals surface area contributed by atoms with Gasteiger partial charge in [0.2, 0.25) is 0 Å². The van der Waals surface area contributed by atoms with Gasteiger partial charge in [-0.1, -0.05) is 43.7 Å². The Labute approximate surface area is 148 Å². The maximum Gasteiger partial charge on any atom is 0.342 e. The minimum atomic E-state index is -0.593. The average Bonchev–Trinajstić information content (AvgIpc) is 2.61. The van der Waals surface area contributed by atoms with Crippen LogP contribution in [0.25, 0.3) is 0 Å². The van der Waals surface area contributed by atoms with E-state index in [1.165, 1.54) is 0 Å². The van der Waals surface area contributed by atoms with Crippen LogP contribution in [0.3, 0.4) is 0 Å². The SMILES string of the molecule is CCC[C@H](C)NC(=O)COC(=O)c1ccccc1Oc1ccccc1. The summed E-state index contributed by atoms with van der Waals surface area (Å²) in [4.78, 5) is 24.1. The molecule has 5 nitrogen and oxygen atoms in total. The molecule has 0 aliphatic heterocycles. The molecule has 0 saturated carbocycles. The molecule has 5 heteroatoms. The van der Waals surface area contributed by atoms with E-state index in [0.29, 0.717) is 11.5 Å². The Bertz CT molecular complexity index is 700. The van der Waals surface area contributed by atoms with Crippen molar-refractivity contribution in [3.63, 3.8) is 0 Å². The molecular weight excluding hydrogens is 318 g/mol. The standard InChI is InChI=1S/C20H23NO4/c1-3-9-15(2)21-19(22)14-24-20(23)17-12-7-8-13-18(17)25-16-10-5-4-6-11-16/h4-8,10-13,15H,3,9,14H2,1-2H3,(H,21,22)/t15-/m0/s1. The third-order valence-corrected chi connectivity index (χ3v) is 3.54. The highest BCUT2D eigenvalue weighted by atomic mass is 16.5. The minimum absolute atomic E-state index is 0.0601. The van der Waals surface area contributed by atoms with Crippen LogP contribution in [0.2, 0.25) is 0 Å². The van der Waals surface area contributed by atoms with Crippen LogP contribution in [-0.2, 0) is 9.53 Å². The third kappa shape index (κ3) is 5.95. The number of benzene rings is 2. The van der Waals surface area contributed by atoms with Crippen LogP contribution in [0.4, 0.5) is 0 Å². The van der Waals surface area contributed by atoms with Gasteiger partial charge in [0.15, 0.2) is 6.61 Å². The number of hydrogen-bond donors (Lipinski definition) is 1. The smallest absolute Gasteiger partial charge is 0.342 e. The van der Waals surface area contributed by atoms with Gasteiger partial charge in [-0.2, -0.15) is 0 Å². The first kappa shape index (κ1) is 18.5. The molecule has 0 aliphatic carbocycles. The monoisotopic (exact) mass is 341 g/mol. The normalized spacial score (nSPS) is 11.4. The second-order valence-corrected chi connectivity index (χ2v) is 5.74. The largest absolute Gasteiger partial charge is 0.456 e. The van der Waals surface area contributed by atoms with Crippen LogP contribution in [-0.4, -0.2) is 24.5 Å². The number of rotatable bonds is 8. The highest BCUT2D eigenvalue weighted by Gasteiger charge is 2.16. The number of para-hydroxylation sites is 2. The van der Waals surface area contributed by atoms with Crippen LogP contribution in [0.1, 0.15) is 37.0 Å². The fraction of sp³-hybridized carbons (Fsp3) is 0.300. The van der Waals surface area contributed by atoms with Crippen LogP contribution >= 0.6 is 0 Å². The maximum absolute atomic E-state index is 12.3. The maximum atomic E-state index is 12.3. The molecule has 2 aromatic carbocycles. The Kier molecular flexibility index (Phi) is 7.01. The molecule has 2 aromatic rings. The fourth-order valence-electron chi connectivity index (χ4n) is 2.37. The average molecular weight is 341 g/mol. The summed E-state index contributed by atoms with van der Waals surface area (Å²) in [5.74, 6) is 0.105. The van der Waals surface area contributed by atoms with Crippen LogP contribution in [0.5, 0.6) is 11.5 Å². The molecule has 132 valence electrons. The van der Waals surface area contributed by atoms with Crippen molar-refractivity contribution in [1.82, 2.24) is 5.32 Å². The number of hydrogen-bond acceptors (Lipinski definition) is 4. The van der Waals surface area contributed by atoms with E-state index in [0.717, 1.165) is 12.8 Å². The van der Waals surface area contributed by atoms with E-state index >= 15 is 0 Å². The van der Waals surface area contributed by atoms with Gasteiger partial charge in [0.1, 0.15) is 17.1 Å². The summed E-state index contributed by atoms with van der Waals surface area (Å²) < 4.78 is 10.8. The molecule has 1 amide bonds. The Balaban J connectivity index is 1.96. The number of amides is 1. The fourth-order valence-corrected chi connectivity index (χ4v) is 2.37. The Morgan fingerprint density at radius 2 is 1.72 bits per heavy atom. The van der Waals surface area contributed by atoms with E-state index in [9.17, 15) is 9.59 Å². The number of nitrogens with one attached hydrogen (secondary N) is 1. The first-order valence-corrected chi connectivity index (χ1v) is 8.38. The molecular formula is C20H23NO4. The Hall–Kier alpha value is -2.82. The van der Waals surface area contributed by atoms with Crippen molar-refractivity contribution in [1.29, 1.82) is 0 Å². The lowest BCUT2D eigenvalue weighted by Crippen LogP contribution is -2.35. The lowest BCUT2D eigenvalue weighted by molar-refractivity contribution is -0.124. The van der Waals surface area contributed by atoms with Gasteiger partial charge in [0.25, 0.3) is 5.91 Å². The zero-order chi connectivity index (χ0) is 18.1. The summed E-state index contributed by atoms with van der Waals surface area (Å²) in [7, 11) is 0. The van der Waals surface area contributed by atoms with Crippen LogP contribution < -0.4 is 10.1 Å². The zero-order valence-corrected chi connectivity index (χ0v) is 14.5. The Morgan fingerprint density at radius 1 is 1.04 bits per heavy atom. The lowest BCUT2D eigenvalue weighted by atomic mass is 10.2. The topological polar surface area (TPSA) is 64.6 Å². The van der Waals surface area contributed by atoms with Gasteiger partial charge in [-0.25, -0.2) is 4.79 Å². The predicted octanol–water partition coefficient (Wildman–Crippen LogP) is 3.94. The molecule has 0 heterocycles. The lowest BCUT2D eigenvalue weighted by Gasteiger charge is -2.13. The van der Waals surface area contributed by atoms with Gasteiger partial charge in [-0.15, -0.1) is 0 Å². The van der Waals surface area contributed by atoms with Gasteiger partial charge >= 0.3 is 5.97 Å². The summed E-state index contributed by atoms with van der Waals surface area (Å²) in [6.45, 7) is 3.66.